The second-order valence-electron chi connectivity index (χ2n) is 3.71. The summed E-state index contributed by atoms with van der Waals surface area (Å²) in [5, 5.41) is 3.93. The van der Waals surface area contributed by atoms with Crippen molar-refractivity contribution in [2.24, 2.45) is 0 Å². The first-order valence-electron chi connectivity index (χ1n) is 5.43. The zero-order valence-electron chi connectivity index (χ0n) is 10.3. The predicted molar refractivity (Wildman–Crippen MR) is 64.1 cm³/mol. The van der Waals surface area contributed by atoms with Gasteiger partial charge in [-0.25, -0.2) is 4.68 Å². The second-order valence-corrected chi connectivity index (χ2v) is 3.71. The van der Waals surface area contributed by atoms with E-state index in [0.717, 1.165) is 23.3 Å². The van der Waals surface area contributed by atoms with Crippen molar-refractivity contribution in [3.63, 3.8) is 0 Å². The number of carbonyl (C=O) groups excluding carboxylic acids is 1. The Morgan fingerprint density at radius 3 is 2.82 bits per heavy atom. The number of aromatic nitrogens is 2. The van der Waals surface area contributed by atoms with Gasteiger partial charge in [-0.15, -0.1) is 0 Å². The van der Waals surface area contributed by atoms with Gasteiger partial charge in [0.2, 0.25) is 0 Å². The number of carbonyl (C=O) groups is 1. The summed E-state index contributed by atoms with van der Waals surface area (Å²) in [6.07, 6.45) is 2.56. The number of esters is 1. The lowest BCUT2D eigenvalue weighted by Crippen LogP contribution is -2.28. The first-order valence-corrected chi connectivity index (χ1v) is 5.43. The Labute approximate surface area is 99.8 Å². The molecule has 0 radical (unpaired) electrons. The lowest BCUT2D eigenvalue weighted by Gasteiger charge is -2.17. The average Bonchev–Trinajstić information content (AvgIpc) is 2.31. The number of anilines is 1. The molecule has 94 valence electrons. The Hall–Kier alpha value is -1.85. The van der Waals surface area contributed by atoms with Crippen molar-refractivity contribution >= 4 is 11.7 Å². The van der Waals surface area contributed by atoms with Crippen LogP contribution in [0, 0.1) is 0 Å². The van der Waals surface area contributed by atoms with Crippen LogP contribution < -0.4 is 10.5 Å². The molecule has 0 aliphatic carbocycles. The number of ether oxygens (including phenoxy) is 1. The van der Waals surface area contributed by atoms with E-state index < -0.39 is 5.97 Å². The van der Waals surface area contributed by atoms with Crippen molar-refractivity contribution in [2.75, 3.05) is 25.6 Å². The number of rotatable bonds is 5. The summed E-state index contributed by atoms with van der Waals surface area (Å²) in [6, 6.07) is 1.46. The molecule has 0 bridgehead atoms. The van der Waals surface area contributed by atoms with E-state index in [-0.39, 0.29) is 12.1 Å². The fourth-order valence-corrected chi connectivity index (χ4v) is 1.40. The zero-order chi connectivity index (χ0) is 12.8. The molecule has 6 heteroatoms. The molecule has 1 aromatic heterocycles. The van der Waals surface area contributed by atoms with E-state index >= 15 is 0 Å². The lowest BCUT2D eigenvalue weighted by atomic mass is 10.3. The highest BCUT2D eigenvalue weighted by atomic mass is 16.5. The van der Waals surface area contributed by atoms with Crippen molar-refractivity contribution in [3.05, 3.63) is 22.6 Å². The van der Waals surface area contributed by atoms with Crippen molar-refractivity contribution in [2.45, 2.75) is 19.9 Å². The van der Waals surface area contributed by atoms with Crippen LogP contribution in [0.2, 0.25) is 0 Å². The Bertz CT molecular complexity index is 442. The van der Waals surface area contributed by atoms with E-state index in [2.05, 4.69) is 16.8 Å². The summed E-state index contributed by atoms with van der Waals surface area (Å²) in [5.74, 6) is -0.491. The Morgan fingerprint density at radius 1 is 1.59 bits per heavy atom. The van der Waals surface area contributed by atoms with Gasteiger partial charge >= 0.3 is 5.97 Å². The molecule has 0 spiro atoms. The molecule has 1 aromatic rings. The van der Waals surface area contributed by atoms with Gasteiger partial charge in [0, 0.05) is 19.7 Å². The predicted octanol–water partition coefficient (Wildman–Crippen LogP) is 0.262. The molecule has 0 fully saturated rings. The maximum absolute atomic E-state index is 11.7. The third-order valence-corrected chi connectivity index (χ3v) is 2.36. The topological polar surface area (TPSA) is 64.4 Å². The van der Waals surface area contributed by atoms with Crippen LogP contribution in [0.15, 0.2) is 17.1 Å². The average molecular weight is 239 g/mol. The molecular weight excluding hydrogens is 222 g/mol. The molecule has 1 rings (SSSR count). The smallest absolute Gasteiger partial charge is 0.327 e. The van der Waals surface area contributed by atoms with Crippen molar-refractivity contribution in [1.29, 1.82) is 0 Å². The van der Waals surface area contributed by atoms with Gasteiger partial charge in [0.1, 0.15) is 6.54 Å². The van der Waals surface area contributed by atoms with Gasteiger partial charge < -0.3 is 9.64 Å². The summed E-state index contributed by atoms with van der Waals surface area (Å²) in [5.41, 5.74) is 0.439. The molecule has 0 atom stereocenters. The van der Waals surface area contributed by atoms with Gasteiger partial charge in [-0.2, -0.15) is 5.10 Å². The van der Waals surface area contributed by atoms with E-state index in [1.807, 2.05) is 11.9 Å². The van der Waals surface area contributed by atoms with Crippen LogP contribution in [0.3, 0.4) is 0 Å². The van der Waals surface area contributed by atoms with E-state index in [1.165, 1.54) is 13.2 Å². The fraction of sp³-hybridized carbons (Fsp3) is 0.545. The summed E-state index contributed by atoms with van der Waals surface area (Å²) in [4.78, 5) is 24.6. The van der Waals surface area contributed by atoms with Gasteiger partial charge in [0.05, 0.1) is 19.0 Å². The molecule has 1 heterocycles. The van der Waals surface area contributed by atoms with Crippen LogP contribution in [0.4, 0.5) is 5.69 Å². The fourth-order valence-electron chi connectivity index (χ4n) is 1.40. The van der Waals surface area contributed by atoms with Crippen LogP contribution in [-0.2, 0) is 16.1 Å². The molecule has 0 N–H and O–H groups in total. The summed E-state index contributed by atoms with van der Waals surface area (Å²) in [6.45, 7) is 2.75. The monoisotopic (exact) mass is 239 g/mol. The molecule has 0 aromatic carbocycles. The minimum Gasteiger partial charge on any atom is -0.468 e. The molecule has 0 unspecified atom stereocenters. The quantitative estimate of drug-likeness (QED) is 0.690. The minimum atomic E-state index is -0.491. The SMILES string of the molecule is CCCN(C)c1cnn(CC(=O)OC)c(=O)c1. The van der Waals surface area contributed by atoms with Crippen molar-refractivity contribution in [3.8, 4) is 0 Å². The van der Waals surface area contributed by atoms with E-state index in [1.54, 1.807) is 6.20 Å². The minimum absolute atomic E-state index is 0.160. The van der Waals surface area contributed by atoms with Crippen molar-refractivity contribution < 1.29 is 9.53 Å². The van der Waals surface area contributed by atoms with Gasteiger partial charge in [-0.1, -0.05) is 6.92 Å². The molecule has 0 saturated heterocycles. The first-order chi connectivity index (χ1) is 8.08. The van der Waals surface area contributed by atoms with Crippen molar-refractivity contribution in [1.82, 2.24) is 9.78 Å². The van der Waals surface area contributed by atoms with Gasteiger partial charge in [0.25, 0.3) is 5.56 Å². The lowest BCUT2D eigenvalue weighted by molar-refractivity contribution is -0.141. The largest absolute Gasteiger partial charge is 0.468 e. The maximum Gasteiger partial charge on any atom is 0.327 e. The number of hydrogen-bond donors (Lipinski definition) is 0. The molecule has 0 aliphatic heterocycles. The highest BCUT2D eigenvalue weighted by molar-refractivity contribution is 5.68. The number of hydrogen-bond acceptors (Lipinski definition) is 5. The highest BCUT2D eigenvalue weighted by Gasteiger charge is 2.07. The molecular formula is C11H17N3O3. The molecule has 0 aliphatic rings. The molecule has 17 heavy (non-hydrogen) atoms. The normalized spacial score (nSPS) is 10.1. The zero-order valence-corrected chi connectivity index (χ0v) is 10.3. The summed E-state index contributed by atoms with van der Waals surface area (Å²) >= 11 is 0. The van der Waals surface area contributed by atoms with Gasteiger partial charge in [0.15, 0.2) is 0 Å². The van der Waals surface area contributed by atoms with Crippen LogP contribution in [0.25, 0.3) is 0 Å². The van der Waals surface area contributed by atoms with E-state index in [0.29, 0.717) is 0 Å². The third-order valence-electron chi connectivity index (χ3n) is 2.36. The van der Waals surface area contributed by atoms with Gasteiger partial charge in [-0.3, -0.25) is 9.59 Å². The number of methoxy groups -OCH3 is 1. The third kappa shape index (κ3) is 3.58. The second kappa shape index (κ2) is 6.03. The molecule has 0 saturated carbocycles. The van der Waals surface area contributed by atoms with E-state index in [4.69, 9.17) is 0 Å². The Kier molecular flexibility index (Phi) is 4.68. The van der Waals surface area contributed by atoms with Crippen LogP contribution in [0.1, 0.15) is 13.3 Å². The Balaban J connectivity index is 2.86. The van der Waals surface area contributed by atoms with Crippen LogP contribution >= 0.6 is 0 Å². The highest BCUT2D eigenvalue weighted by Crippen LogP contribution is 2.06. The first kappa shape index (κ1) is 13.2. The van der Waals surface area contributed by atoms with E-state index in [9.17, 15) is 9.59 Å². The summed E-state index contributed by atoms with van der Waals surface area (Å²) < 4.78 is 5.55. The van der Waals surface area contributed by atoms with Gasteiger partial charge in [-0.05, 0) is 6.42 Å². The molecule has 6 nitrogen and oxygen atoms in total. The maximum atomic E-state index is 11.7. The number of nitrogens with zero attached hydrogens (tertiary/aromatic N) is 3. The summed E-state index contributed by atoms with van der Waals surface area (Å²) in [7, 11) is 3.17. The van der Waals surface area contributed by atoms with Crippen LogP contribution in [-0.4, -0.2) is 36.5 Å². The van der Waals surface area contributed by atoms with Crippen LogP contribution in [0.5, 0.6) is 0 Å². The standard InChI is InChI=1S/C11H17N3O3/c1-4-5-13(2)9-6-10(15)14(12-7-9)8-11(16)17-3/h6-7H,4-5,8H2,1-3H3. The Morgan fingerprint density at radius 2 is 2.29 bits per heavy atom. The molecule has 0 amide bonds.